The predicted octanol–water partition coefficient (Wildman–Crippen LogP) is 3.98. The smallest absolute Gasteiger partial charge is 0.191 e. The molecule has 0 aliphatic carbocycles. The summed E-state index contributed by atoms with van der Waals surface area (Å²) in [5, 5.41) is 3.35. The monoisotopic (exact) mass is 325 g/mol. The van der Waals surface area contributed by atoms with Crippen LogP contribution < -0.4 is 10.1 Å². The number of ketones is 1. The predicted molar refractivity (Wildman–Crippen MR) is 92.6 cm³/mol. The van der Waals surface area contributed by atoms with Gasteiger partial charge in [0.05, 0.1) is 12.7 Å². The number of benzene rings is 2. The maximum absolute atomic E-state index is 13.7. The highest BCUT2D eigenvalue weighted by molar-refractivity contribution is 6.10. The number of halogens is 1. The van der Waals surface area contributed by atoms with Gasteiger partial charge < -0.3 is 10.1 Å². The first-order valence-corrected chi connectivity index (χ1v) is 7.86. The third-order valence-corrected chi connectivity index (χ3v) is 4.12. The van der Waals surface area contributed by atoms with E-state index in [1.807, 2.05) is 6.07 Å². The van der Waals surface area contributed by atoms with E-state index in [2.05, 4.69) is 19.2 Å². The maximum atomic E-state index is 13.7. The fourth-order valence-corrected chi connectivity index (χ4v) is 3.08. The molecule has 0 unspecified atom stereocenters. The molecule has 0 amide bonds. The third-order valence-electron chi connectivity index (χ3n) is 4.12. The van der Waals surface area contributed by atoms with E-state index < -0.39 is 0 Å². The van der Waals surface area contributed by atoms with Crippen LogP contribution >= 0.6 is 0 Å². The lowest BCUT2D eigenvalue weighted by Crippen LogP contribution is -2.43. The van der Waals surface area contributed by atoms with E-state index in [4.69, 9.17) is 4.74 Å². The van der Waals surface area contributed by atoms with Crippen LogP contribution in [0.5, 0.6) is 5.75 Å². The molecule has 0 fully saturated rings. The fourth-order valence-electron chi connectivity index (χ4n) is 3.08. The van der Waals surface area contributed by atoms with Gasteiger partial charge in [-0.1, -0.05) is 18.2 Å². The number of allylic oxidation sites excluding steroid dienone is 1. The van der Waals surface area contributed by atoms with Crippen LogP contribution in [-0.2, 0) is 6.42 Å². The van der Waals surface area contributed by atoms with Crippen molar-refractivity contribution in [1.82, 2.24) is 5.32 Å². The summed E-state index contributed by atoms with van der Waals surface area (Å²) < 4.78 is 18.9. The molecule has 2 aromatic rings. The molecule has 4 heteroatoms. The highest BCUT2D eigenvalue weighted by atomic mass is 19.1. The minimum Gasteiger partial charge on any atom is -0.496 e. The van der Waals surface area contributed by atoms with Crippen LogP contribution in [-0.4, -0.2) is 18.4 Å². The molecule has 0 saturated heterocycles. The molecular weight excluding hydrogens is 305 g/mol. The number of methoxy groups -OCH3 is 1. The zero-order chi connectivity index (χ0) is 17.3. The molecule has 2 aromatic carbocycles. The van der Waals surface area contributed by atoms with Crippen LogP contribution in [0.4, 0.5) is 4.39 Å². The largest absolute Gasteiger partial charge is 0.496 e. The van der Waals surface area contributed by atoms with Crippen molar-refractivity contribution in [2.24, 2.45) is 0 Å². The van der Waals surface area contributed by atoms with Crippen molar-refractivity contribution in [3.63, 3.8) is 0 Å². The molecule has 0 atom stereocenters. The zero-order valence-corrected chi connectivity index (χ0v) is 14.0. The molecular formula is C20H20FNO2. The fraction of sp³-hybridized carbons (Fsp3) is 0.250. The van der Waals surface area contributed by atoms with Gasteiger partial charge in [-0.2, -0.15) is 0 Å². The highest BCUT2D eigenvalue weighted by Gasteiger charge is 2.28. The summed E-state index contributed by atoms with van der Waals surface area (Å²) in [6, 6.07) is 11.8. The van der Waals surface area contributed by atoms with Gasteiger partial charge in [0.25, 0.3) is 0 Å². The Labute approximate surface area is 141 Å². The van der Waals surface area contributed by atoms with E-state index in [-0.39, 0.29) is 17.1 Å². The molecule has 1 aliphatic rings. The number of rotatable bonds is 3. The second kappa shape index (κ2) is 6.11. The van der Waals surface area contributed by atoms with E-state index in [0.717, 1.165) is 17.5 Å². The summed E-state index contributed by atoms with van der Waals surface area (Å²) in [5.41, 5.74) is 2.67. The average molecular weight is 325 g/mol. The molecule has 0 bridgehead atoms. The number of fused-ring (bicyclic) bond motifs is 1. The van der Waals surface area contributed by atoms with Crippen LogP contribution in [0.1, 0.15) is 35.3 Å². The number of ether oxygens (including phenoxy) is 1. The first-order valence-electron chi connectivity index (χ1n) is 7.86. The molecule has 24 heavy (non-hydrogen) atoms. The average Bonchev–Trinajstić information content (AvgIpc) is 2.54. The minimum absolute atomic E-state index is 0.178. The second-order valence-electron chi connectivity index (χ2n) is 6.61. The van der Waals surface area contributed by atoms with E-state index in [0.29, 0.717) is 17.0 Å². The van der Waals surface area contributed by atoms with Crippen molar-refractivity contribution < 1.29 is 13.9 Å². The number of hydrogen-bond donors (Lipinski definition) is 1. The van der Waals surface area contributed by atoms with Crippen molar-refractivity contribution >= 4 is 11.5 Å². The van der Waals surface area contributed by atoms with Gasteiger partial charge in [-0.25, -0.2) is 4.39 Å². The standard InChI is InChI=1S/C20H20FNO2/c1-20(2)12-13-8-9-14(21)10-16(13)17(22-20)11-18(23)15-6-4-5-7-19(15)24-3/h4-11,22H,12H2,1-3H3/b17-11-. The molecule has 0 aromatic heterocycles. The van der Waals surface area contributed by atoms with E-state index in [1.54, 1.807) is 24.3 Å². The Morgan fingerprint density at radius 1 is 1.25 bits per heavy atom. The third kappa shape index (κ3) is 3.18. The second-order valence-corrected chi connectivity index (χ2v) is 6.61. The van der Waals surface area contributed by atoms with E-state index in [9.17, 15) is 9.18 Å². The Morgan fingerprint density at radius 3 is 2.75 bits per heavy atom. The van der Waals surface area contributed by atoms with E-state index in [1.165, 1.54) is 25.3 Å². The molecule has 1 heterocycles. The van der Waals surface area contributed by atoms with Crippen molar-refractivity contribution in [2.75, 3.05) is 7.11 Å². The Kier molecular flexibility index (Phi) is 4.14. The minimum atomic E-state index is -0.314. The maximum Gasteiger partial charge on any atom is 0.191 e. The number of nitrogens with one attached hydrogen (secondary N) is 1. The van der Waals surface area contributed by atoms with Crippen molar-refractivity contribution in [2.45, 2.75) is 25.8 Å². The normalized spacial score (nSPS) is 17.1. The molecule has 0 spiro atoms. The first kappa shape index (κ1) is 16.2. The summed E-state index contributed by atoms with van der Waals surface area (Å²) in [5.74, 6) is 0.0302. The van der Waals surface area contributed by atoms with Gasteiger partial charge in [-0.15, -0.1) is 0 Å². The molecule has 0 radical (unpaired) electrons. The number of carbonyl (C=O) groups is 1. The van der Waals surface area contributed by atoms with Gasteiger partial charge in [-0.3, -0.25) is 4.79 Å². The van der Waals surface area contributed by atoms with Crippen molar-refractivity contribution in [3.05, 3.63) is 71.0 Å². The molecule has 3 nitrogen and oxygen atoms in total. The van der Waals surface area contributed by atoms with Crippen LogP contribution in [0.25, 0.3) is 5.70 Å². The van der Waals surface area contributed by atoms with E-state index >= 15 is 0 Å². The lowest BCUT2D eigenvalue weighted by molar-refractivity contribution is 0.104. The Bertz CT molecular complexity index is 824. The lowest BCUT2D eigenvalue weighted by Gasteiger charge is -2.35. The number of hydrogen-bond acceptors (Lipinski definition) is 3. The quantitative estimate of drug-likeness (QED) is 0.685. The number of carbonyl (C=O) groups excluding carboxylic acids is 1. The van der Waals surface area contributed by atoms with Gasteiger partial charge in [0, 0.05) is 22.9 Å². The zero-order valence-electron chi connectivity index (χ0n) is 14.0. The molecule has 1 N–H and O–H groups in total. The van der Waals surface area contributed by atoms with Crippen LogP contribution in [0, 0.1) is 5.82 Å². The summed E-state index contributed by atoms with van der Waals surface area (Å²) in [7, 11) is 1.53. The van der Waals surface area contributed by atoms with Gasteiger partial charge in [0.15, 0.2) is 5.78 Å². The summed E-state index contributed by atoms with van der Waals surface area (Å²) >= 11 is 0. The summed E-state index contributed by atoms with van der Waals surface area (Å²) in [4.78, 5) is 12.7. The molecule has 3 rings (SSSR count). The topological polar surface area (TPSA) is 38.3 Å². The van der Waals surface area contributed by atoms with Gasteiger partial charge in [0.2, 0.25) is 0 Å². The van der Waals surface area contributed by atoms with Crippen LogP contribution in [0.2, 0.25) is 0 Å². The van der Waals surface area contributed by atoms with Crippen molar-refractivity contribution in [3.8, 4) is 5.75 Å². The molecule has 0 saturated carbocycles. The SMILES string of the molecule is COc1ccccc1C(=O)/C=C1\NC(C)(C)Cc2ccc(F)cc21. The number of para-hydroxylation sites is 1. The van der Waals surface area contributed by atoms with Crippen molar-refractivity contribution in [1.29, 1.82) is 0 Å². The Morgan fingerprint density at radius 2 is 2.00 bits per heavy atom. The molecule has 124 valence electrons. The van der Waals surface area contributed by atoms with Gasteiger partial charge in [0.1, 0.15) is 11.6 Å². The molecule has 1 aliphatic heterocycles. The Hall–Kier alpha value is -2.62. The van der Waals surface area contributed by atoms with Crippen LogP contribution in [0.3, 0.4) is 0 Å². The van der Waals surface area contributed by atoms with Gasteiger partial charge >= 0.3 is 0 Å². The summed E-state index contributed by atoms with van der Waals surface area (Å²) in [6.07, 6.45) is 2.29. The Balaban J connectivity index is 2.06. The lowest BCUT2D eigenvalue weighted by atomic mass is 9.85. The summed E-state index contributed by atoms with van der Waals surface area (Å²) in [6.45, 7) is 4.11. The highest BCUT2D eigenvalue weighted by Crippen LogP contribution is 2.31. The van der Waals surface area contributed by atoms with Crippen LogP contribution in [0.15, 0.2) is 48.5 Å². The van der Waals surface area contributed by atoms with Gasteiger partial charge in [-0.05, 0) is 50.1 Å². The first-order chi connectivity index (χ1) is 11.4.